The number of benzene rings is 1. The minimum absolute atomic E-state index is 0.00145. The molecule has 1 aliphatic heterocycles. The number of carbonyl (C=O) groups is 2. The fourth-order valence-corrected chi connectivity index (χ4v) is 5.06. The van der Waals surface area contributed by atoms with E-state index in [0.29, 0.717) is 11.3 Å². The average Bonchev–Trinajstić information content (AvgIpc) is 3.37. The van der Waals surface area contributed by atoms with Gasteiger partial charge in [0.05, 0.1) is 12.7 Å². The maximum absolute atomic E-state index is 13.8. The minimum atomic E-state index is -1.67. The molecule has 3 atom stereocenters. The van der Waals surface area contributed by atoms with Crippen molar-refractivity contribution in [3.63, 3.8) is 0 Å². The number of ether oxygens (including phenoxy) is 3. The summed E-state index contributed by atoms with van der Waals surface area (Å²) in [4.78, 5) is 36.0. The maximum atomic E-state index is 13.8. The minimum Gasteiger partial charge on any atom is -0.461 e. The number of halogens is 1. The van der Waals surface area contributed by atoms with Crippen LogP contribution in [0.25, 0.3) is 11.2 Å². The Morgan fingerprint density at radius 2 is 2.08 bits per heavy atom. The highest BCUT2D eigenvalue weighted by atomic mass is 19.1. The third kappa shape index (κ3) is 5.41. The summed E-state index contributed by atoms with van der Waals surface area (Å²) in [5.41, 5.74) is 5.99. The molecule has 3 heterocycles. The molecular formula is C27H30FN5O6. The van der Waals surface area contributed by atoms with Crippen molar-refractivity contribution >= 4 is 28.9 Å². The number of imidazole rings is 1. The Kier molecular flexibility index (Phi) is 7.34. The van der Waals surface area contributed by atoms with Gasteiger partial charge in [-0.15, -0.1) is 6.42 Å². The van der Waals surface area contributed by atoms with Crippen LogP contribution in [0.4, 0.5) is 10.2 Å². The molecule has 2 aromatic heterocycles. The predicted octanol–water partition coefficient (Wildman–Crippen LogP) is 2.65. The van der Waals surface area contributed by atoms with E-state index in [9.17, 15) is 19.1 Å². The summed E-state index contributed by atoms with van der Waals surface area (Å²) in [5.74, 6) is 1.58. The number of aromatic nitrogens is 4. The van der Waals surface area contributed by atoms with E-state index in [-0.39, 0.29) is 29.8 Å². The maximum Gasteiger partial charge on any atom is 0.312 e. The summed E-state index contributed by atoms with van der Waals surface area (Å²) in [6.07, 6.45) is 3.85. The first-order valence-corrected chi connectivity index (χ1v) is 12.2. The Balaban J connectivity index is 1.50. The van der Waals surface area contributed by atoms with E-state index in [2.05, 4.69) is 20.9 Å². The van der Waals surface area contributed by atoms with Gasteiger partial charge in [0.25, 0.3) is 0 Å². The van der Waals surface area contributed by atoms with Crippen LogP contribution >= 0.6 is 0 Å². The monoisotopic (exact) mass is 539 g/mol. The molecule has 0 saturated carbocycles. The fourth-order valence-electron chi connectivity index (χ4n) is 5.06. The summed E-state index contributed by atoms with van der Waals surface area (Å²) in [6.45, 7) is 8.32. The largest absolute Gasteiger partial charge is 0.461 e. The molecule has 1 fully saturated rings. The number of carbonyl (C=O) groups excluding carboxylic acids is 2. The zero-order valence-corrected chi connectivity index (χ0v) is 22.3. The highest BCUT2D eigenvalue weighted by Crippen LogP contribution is 2.40. The van der Waals surface area contributed by atoms with Gasteiger partial charge >= 0.3 is 18.0 Å². The van der Waals surface area contributed by atoms with Crippen molar-refractivity contribution in [3.05, 3.63) is 41.2 Å². The molecule has 39 heavy (non-hydrogen) atoms. The summed E-state index contributed by atoms with van der Waals surface area (Å²) in [5, 5.41) is 10.8. The first-order chi connectivity index (χ1) is 18.3. The third-order valence-electron chi connectivity index (χ3n) is 6.69. The Labute approximate surface area is 224 Å². The Hall–Kier alpha value is -4.08. The van der Waals surface area contributed by atoms with Crippen molar-refractivity contribution in [2.45, 2.75) is 70.8 Å². The number of aliphatic hydroxyl groups excluding tert-OH is 1. The van der Waals surface area contributed by atoms with Gasteiger partial charge in [0.1, 0.15) is 24.7 Å². The van der Waals surface area contributed by atoms with Gasteiger partial charge in [-0.1, -0.05) is 25.8 Å². The van der Waals surface area contributed by atoms with Crippen LogP contribution in [0.2, 0.25) is 0 Å². The second-order valence-corrected chi connectivity index (χ2v) is 10.3. The number of hydrogen-bond acceptors (Lipinski definition) is 10. The molecule has 4 rings (SSSR count). The van der Waals surface area contributed by atoms with Crippen LogP contribution in [0.15, 0.2) is 18.5 Å². The van der Waals surface area contributed by atoms with Crippen molar-refractivity contribution in [1.29, 1.82) is 0 Å². The van der Waals surface area contributed by atoms with Crippen molar-refractivity contribution in [2.75, 3.05) is 12.3 Å². The molecule has 0 unspecified atom stereocenters. The number of nitrogen functional groups attached to an aromatic ring is 1. The Morgan fingerprint density at radius 1 is 1.36 bits per heavy atom. The number of nitrogens with zero attached hydrogens (tertiary/aromatic N) is 4. The molecule has 1 aromatic carbocycles. The second kappa shape index (κ2) is 10.2. The fraction of sp³-hybridized carbons (Fsp3) is 0.444. The lowest BCUT2D eigenvalue weighted by Gasteiger charge is -2.30. The first kappa shape index (κ1) is 27.9. The zero-order chi connectivity index (χ0) is 28.7. The molecular weight excluding hydrogens is 509 g/mol. The summed E-state index contributed by atoms with van der Waals surface area (Å²) in [7, 11) is 0. The SMILES string of the molecule is C#C[C@]1(COC(=O)CC(C)(C)c2c(C)cc(C)cc2OC(C)=O)O[C@@H](n2cnc3c(N)nc(F)nc32)C[C@@H]1O. The van der Waals surface area contributed by atoms with Crippen LogP contribution in [-0.2, 0) is 24.5 Å². The van der Waals surface area contributed by atoms with Crippen LogP contribution in [0.1, 0.15) is 56.5 Å². The average molecular weight is 540 g/mol. The molecule has 3 N–H and O–H groups in total. The summed E-state index contributed by atoms with van der Waals surface area (Å²) < 4.78 is 32.1. The highest BCUT2D eigenvalue weighted by Gasteiger charge is 2.49. The summed E-state index contributed by atoms with van der Waals surface area (Å²) >= 11 is 0. The van der Waals surface area contributed by atoms with E-state index in [1.807, 2.05) is 33.8 Å². The van der Waals surface area contributed by atoms with E-state index in [0.717, 1.165) is 11.1 Å². The van der Waals surface area contributed by atoms with E-state index < -0.39 is 48.0 Å². The molecule has 0 amide bonds. The predicted molar refractivity (Wildman–Crippen MR) is 138 cm³/mol. The van der Waals surface area contributed by atoms with E-state index >= 15 is 0 Å². The number of anilines is 1. The van der Waals surface area contributed by atoms with E-state index in [1.54, 1.807) is 6.07 Å². The molecule has 0 aliphatic carbocycles. The molecule has 206 valence electrons. The number of esters is 2. The Morgan fingerprint density at radius 3 is 2.74 bits per heavy atom. The normalized spacial score (nSPS) is 21.1. The lowest BCUT2D eigenvalue weighted by molar-refractivity contribution is -0.157. The smallest absolute Gasteiger partial charge is 0.312 e. The van der Waals surface area contributed by atoms with Crippen molar-refractivity contribution in [1.82, 2.24) is 19.5 Å². The van der Waals surface area contributed by atoms with Gasteiger partial charge in [-0.3, -0.25) is 14.2 Å². The number of terminal acetylenes is 1. The van der Waals surface area contributed by atoms with Gasteiger partial charge in [0.2, 0.25) is 0 Å². The van der Waals surface area contributed by atoms with Crippen LogP contribution in [0.3, 0.4) is 0 Å². The molecule has 0 spiro atoms. The van der Waals surface area contributed by atoms with E-state index in [4.69, 9.17) is 26.4 Å². The second-order valence-electron chi connectivity index (χ2n) is 10.3. The van der Waals surface area contributed by atoms with Gasteiger partial charge in [-0.05, 0) is 31.0 Å². The number of fused-ring (bicyclic) bond motifs is 1. The first-order valence-electron chi connectivity index (χ1n) is 12.2. The van der Waals surface area contributed by atoms with Crippen LogP contribution in [0.5, 0.6) is 5.75 Å². The third-order valence-corrected chi connectivity index (χ3v) is 6.69. The lowest BCUT2D eigenvalue weighted by Crippen LogP contribution is -2.43. The van der Waals surface area contributed by atoms with Crippen LogP contribution in [-0.4, -0.2) is 54.9 Å². The lowest BCUT2D eigenvalue weighted by atomic mass is 9.78. The van der Waals surface area contributed by atoms with E-state index in [1.165, 1.54) is 17.8 Å². The quantitative estimate of drug-likeness (QED) is 0.198. The number of nitrogens with two attached hydrogens (primary N) is 1. The van der Waals surface area contributed by atoms with Crippen molar-refractivity contribution < 1.29 is 33.3 Å². The number of aryl methyl sites for hydroxylation is 2. The standard InChI is InChI=1S/C27H30FN5O6/c1-7-27(18(35)10-19(39-27)33-13-30-22-23(29)31-25(28)32-24(22)33)12-37-20(36)11-26(5,6)21-15(3)8-14(2)9-17(21)38-16(4)34/h1,8-9,13,18-19,35H,10-12H2,2-6H3,(H2,29,31,32)/t18-,19+,27+/m0/s1. The molecule has 0 bridgehead atoms. The molecule has 12 heteroatoms. The van der Waals surface area contributed by atoms with Crippen LogP contribution in [0, 0.1) is 32.3 Å². The van der Waals surface area contributed by atoms with Gasteiger partial charge in [0, 0.05) is 24.3 Å². The van der Waals surface area contributed by atoms with Crippen LogP contribution < -0.4 is 10.5 Å². The Bertz CT molecular complexity index is 1500. The van der Waals surface area contributed by atoms with Gasteiger partial charge in [0.15, 0.2) is 22.6 Å². The number of hydrogen-bond donors (Lipinski definition) is 2. The molecule has 11 nitrogen and oxygen atoms in total. The van der Waals surface area contributed by atoms with Crippen molar-refractivity contribution in [3.8, 4) is 18.1 Å². The molecule has 0 radical (unpaired) electrons. The van der Waals surface area contributed by atoms with Gasteiger partial charge in [-0.25, -0.2) is 4.98 Å². The summed E-state index contributed by atoms with van der Waals surface area (Å²) in [6, 6.07) is 3.69. The molecule has 1 saturated heterocycles. The van der Waals surface area contributed by atoms with Crippen molar-refractivity contribution in [2.24, 2.45) is 0 Å². The highest BCUT2D eigenvalue weighted by molar-refractivity contribution is 5.81. The molecule has 3 aromatic rings. The molecule has 1 aliphatic rings. The topological polar surface area (TPSA) is 152 Å². The number of aliphatic hydroxyl groups is 1. The zero-order valence-electron chi connectivity index (χ0n) is 22.3. The number of rotatable bonds is 7. The van der Waals surface area contributed by atoms with Gasteiger partial charge < -0.3 is 25.1 Å². The van der Waals surface area contributed by atoms with Gasteiger partial charge in [-0.2, -0.15) is 14.4 Å².